The summed E-state index contributed by atoms with van der Waals surface area (Å²) in [6.07, 6.45) is 12.9. The van der Waals surface area contributed by atoms with E-state index in [1.54, 1.807) is 12.5 Å². The molecule has 5 heteroatoms. The maximum atomic E-state index is 12.6. The standard InChI is InChI=1S/C22H31NO4/c1-22(2)17-12-16(7-5-3-4-6-8-20(25)26)21(18(22)13-17)23-19(24)11-15-9-10-27-14-15/h3,5,9-10,14,16-18,21H,4,6-8,11-13H2,1-2H3,(H,23,24)(H,25,26)/b5-3-/t16-,17-,18-,21+/m0/s1. The first kappa shape index (κ1) is 19.7. The number of allylic oxidation sites excluding steroid dienone is 2. The molecule has 2 N–H and O–H groups in total. The van der Waals surface area contributed by atoms with Crippen LogP contribution in [0.2, 0.25) is 0 Å². The van der Waals surface area contributed by atoms with Gasteiger partial charge in [-0.05, 0) is 66.9 Å². The molecule has 0 saturated heterocycles. The smallest absolute Gasteiger partial charge is 0.303 e. The Morgan fingerprint density at radius 2 is 2.15 bits per heavy atom. The molecule has 0 aliphatic heterocycles. The summed E-state index contributed by atoms with van der Waals surface area (Å²) in [7, 11) is 0. The lowest BCUT2D eigenvalue weighted by molar-refractivity contribution is -0.137. The van der Waals surface area contributed by atoms with E-state index in [0.29, 0.717) is 30.1 Å². The van der Waals surface area contributed by atoms with Gasteiger partial charge in [0.25, 0.3) is 0 Å². The van der Waals surface area contributed by atoms with Crippen molar-refractivity contribution >= 4 is 11.9 Å². The molecule has 3 aliphatic rings. The van der Waals surface area contributed by atoms with E-state index in [1.807, 2.05) is 6.07 Å². The molecule has 2 bridgehead atoms. The highest BCUT2D eigenvalue weighted by Crippen LogP contribution is 2.61. The van der Waals surface area contributed by atoms with Crippen LogP contribution in [-0.2, 0) is 16.0 Å². The average Bonchev–Trinajstić information content (AvgIpc) is 3.11. The van der Waals surface area contributed by atoms with Gasteiger partial charge in [-0.25, -0.2) is 0 Å². The van der Waals surface area contributed by atoms with Crippen LogP contribution >= 0.6 is 0 Å². The Labute approximate surface area is 161 Å². The monoisotopic (exact) mass is 373 g/mol. The van der Waals surface area contributed by atoms with Crippen LogP contribution in [0.5, 0.6) is 0 Å². The molecule has 3 fully saturated rings. The molecule has 3 saturated carbocycles. The number of unbranched alkanes of at least 4 members (excludes halogenated alkanes) is 1. The van der Waals surface area contributed by atoms with Crippen molar-refractivity contribution in [3.05, 3.63) is 36.3 Å². The second-order valence-electron chi connectivity index (χ2n) is 8.75. The Morgan fingerprint density at radius 3 is 2.81 bits per heavy atom. The summed E-state index contributed by atoms with van der Waals surface area (Å²) in [6, 6.07) is 2.05. The highest BCUT2D eigenvalue weighted by molar-refractivity contribution is 5.78. The van der Waals surface area contributed by atoms with E-state index < -0.39 is 5.97 Å². The van der Waals surface area contributed by atoms with Gasteiger partial charge in [-0.15, -0.1) is 0 Å². The summed E-state index contributed by atoms with van der Waals surface area (Å²) in [5, 5.41) is 12.0. The molecule has 0 spiro atoms. The zero-order chi connectivity index (χ0) is 19.4. The predicted octanol–water partition coefficient (Wildman–Crippen LogP) is 4.19. The van der Waals surface area contributed by atoms with Crippen molar-refractivity contribution in [1.82, 2.24) is 5.32 Å². The maximum Gasteiger partial charge on any atom is 0.303 e. The molecule has 1 aromatic rings. The Kier molecular flexibility index (Phi) is 6.08. The van der Waals surface area contributed by atoms with Crippen LogP contribution in [-0.4, -0.2) is 23.0 Å². The molecule has 5 nitrogen and oxygen atoms in total. The van der Waals surface area contributed by atoms with Gasteiger partial charge in [0.2, 0.25) is 5.91 Å². The molecular weight excluding hydrogens is 342 g/mol. The Bertz CT molecular complexity index is 676. The second kappa shape index (κ2) is 8.32. The Balaban J connectivity index is 1.56. The first-order chi connectivity index (χ1) is 12.9. The number of hydrogen-bond donors (Lipinski definition) is 2. The fraction of sp³-hybridized carbons (Fsp3) is 0.636. The molecule has 1 amide bonds. The number of rotatable bonds is 9. The van der Waals surface area contributed by atoms with Gasteiger partial charge in [-0.3, -0.25) is 9.59 Å². The zero-order valence-corrected chi connectivity index (χ0v) is 16.3. The van der Waals surface area contributed by atoms with Crippen LogP contribution in [0.1, 0.15) is 57.9 Å². The summed E-state index contributed by atoms with van der Waals surface area (Å²) < 4.78 is 5.06. The van der Waals surface area contributed by atoms with Crippen molar-refractivity contribution < 1.29 is 19.1 Å². The number of carboxylic acids is 1. The van der Waals surface area contributed by atoms with Gasteiger partial charge in [0.15, 0.2) is 0 Å². The van der Waals surface area contributed by atoms with E-state index in [9.17, 15) is 9.59 Å². The van der Waals surface area contributed by atoms with E-state index >= 15 is 0 Å². The minimum Gasteiger partial charge on any atom is -0.481 e. The van der Waals surface area contributed by atoms with E-state index in [-0.39, 0.29) is 18.4 Å². The predicted molar refractivity (Wildman–Crippen MR) is 103 cm³/mol. The summed E-state index contributed by atoms with van der Waals surface area (Å²) >= 11 is 0. The lowest BCUT2D eigenvalue weighted by Gasteiger charge is -2.62. The van der Waals surface area contributed by atoms with Crippen LogP contribution in [0.4, 0.5) is 0 Å². The second-order valence-corrected chi connectivity index (χ2v) is 8.75. The van der Waals surface area contributed by atoms with Crippen LogP contribution in [0, 0.1) is 23.2 Å². The highest BCUT2D eigenvalue weighted by atomic mass is 16.4. The van der Waals surface area contributed by atoms with Crippen LogP contribution in [0.15, 0.2) is 35.2 Å². The molecule has 0 unspecified atom stereocenters. The van der Waals surface area contributed by atoms with Gasteiger partial charge in [-0.2, -0.15) is 0 Å². The van der Waals surface area contributed by atoms with Gasteiger partial charge < -0.3 is 14.8 Å². The number of aliphatic carboxylic acids is 1. The number of furan rings is 1. The third kappa shape index (κ3) is 4.63. The molecule has 0 radical (unpaired) electrons. The molecule has 27 heavy (non-hydrogen) atoms. The summed E-state index contributed by atoms with van der Waals surface area (Å²) in [5.74, 6) is 1.08. The van der Waals surface area contributed by atoms with E-state index in [1.165, 1.54) is 6.42 Å². The molecule has 148 valence electrons. The normalized spacial score (nSPS) is 28.7. The number of carboxylic acid groups (broad SMARTS) is 1. The van der Waals surface area contributed by atoms with Crippen LogP contribution < -0.4 is 5.32 Å². The van der Waals surface area contributed by atoms with Crippen LogP contribution in [0.3, 0.4) is 0 Å². The number of amides is 1. The number of fused-ring (bicyclic) bond motifs is 2. The zero-order valence-electron chi connectivity index (χ0n) is 16.3. The summed E-state index contributed by atoms with van der Waals surface area (Å²) in [5.41, 5.74) is 1.21. The van der Waals surface area contributed by atoms with Crippen LogP contribution in [0.25, 0.3) is 0 Å². The summed E-state index contributed by atoms with van der Waals surface area (Å²) in [6.45, 7) is 4.66. The third-order valence-electron chi connectivity index (χ3n) is 6.71. The van der Waals surface area contributed by atoms with E-state index in [4.69, 9.17) is 9.52 Å². The quantitative estimate of drug-likeness (QED) is 0.502. The minimum absolute atomic E-state index is 0.0676. The highest BCUT2D eigenvalue weighted by Gasteiger charge is 2.57. The number of carbonyl (C=O) groups excluding carboxylic acids is 1. The van der Waals surface area contributed by atoms with Gasteiger partial charge >= 0.3 is 5.97 Å². The molecule has 1 aromatic heterocycles. The summed E-state index contributed by atoms with van der Waals surface area (Å²) in [4.78, 5) is 23.1. The van der Waals surface area contributed by atoms with Gasteiger partial charge in [0.05, 0.1) is 18.9 Å². The molecule has 3 aliphatic carbocycles. The minimum atomic E-state index is -0.738. The largest absolute Gasteiger partial charge is 0.481 e. The Hall–Kier alpha value is -2.04. The lowest BCUT2D eigenvalue weighted by atomic mass is 9.44. The van der Waals surface area contributed by atoms with Crippen molar-refractivity contribution in [2.24, 2.45) is 23.2 Å². The molecule has 0 aromatic carbocycles. The Morgan fingerprint density at radius 1 is 1.33 bits per heavy atom. The fourth-order valence-electron chi connectivity index (χ4n) is 4.94. The van der Waals surface area contributed by atoms with Gasteiger partial charge in [-0.1, -0.05) is 26.0 Å². The van der Waals surface area contributed by atoms with Crippen molar-refractivity contribution in [3.63, 3.8) is 0 Å². The SMILES string of the molecule is CC1(C)[C@H]2C[C@H](C/C=C\CCCC(=O)O)[C@@H](NC(=O)Cc3ccoc3)[C@@H]1C2. The molecule has 4 atom stereocenters. The van der Waals surface area contributed by atoms with Crippen molar-refractivity contribution in [2.45, 2.75) is 64.8 Å². The van der Waals surface area contributed by atoms with Crippen molar-refractivity contribution in [3.8, 4) is 0 Å². The van der Waals surface area contributed by atoms with Crippen molar-refractivity contribution in [2.75, 3.05) is 0 Å². The van der Waals surface area contributed by atoms with E-state index in [2.05, 4.69) is 31.3 Å². The fourth-order valence-corrected chi connectivity index (χ4v) is 4.94. The molecule has 4 rings (SSSR count). The van der Waals surface area contributed by atoms with Crippen molar-refractivity contribution in [1.29, 1.82) is 0 Å². The van der Waals surface area contributed by atoms with E-state index in [0.717, 1.165) is 30.7 Å². The molecular formula is C22H31NO4. The lowest BCUT2D eigenvalue weighted by Crippen LogP contribution is -2.63. The third-order valence-corrected chi connectivity index (χ3v) is 6.71. The number of hydrogen-bond acceptors (Lipinski definition) is 3. The average molecular weight is 373 g/mol. The maximum absolute atomic E-state index is 12.6. The number of nitrogens with one attached hydrogen (secondary N) is 1. The first-order valence-electron chi connectivity index (χ1n) is 10.0. The van der Waals surface area contributed by atoms with Gasteiger partial charge in [0, 0.05) is 12.5 Å². The molecule has 1 heterocycles. The topological polar surface area (TPSA) is 79.5 Å². The first-order valence-corrected chi connectivity index (χ1v) is 10.0. The van der Waals surface area contributed by atoms with Gasteiger partial charge in [0.1, 0.15) is 0 Å². The number of carbonyl (C=O) groups is 2.